The molecule has 18 heavy (non-hydrogen) atoms. The smallest absolute Gasteiger partial charge is 0.147 e. The number of fused-ring (bicyclic) bond motifs is 1. The maximum atomic E-state index is 4.44. The Morgan fingerprint density at radius 2 is 2.11 bits per heavy atom. The van der Waals surface area contributed by atoms with Crippen molar-refractivity contribution in [2.24, 2.45) is 5.92 Å². The molecule has 1 saturated carbocycles. The summed E-state index contributed by atoms with van der Waals surface area (Å²) in [6.07, 6.45) is 6.97. The molecule has 0 saturated heterocycles. The molecule has 96 valence electrons. The molecular formula is C14H19N3S. The summed E-state index contributed by atoms with van der Waals surface area (Å²) in [6, 6.07) is 0.569. The Balaban J connectivity index is 1.90. The Kier molecular flexibility index (Phi) is 3.20. The van der Waals surface area contributed by atoms with Gasteiger partial charge in [-0.2, -0.15) is 0 Å². The summed E-state index contributed by atoms with van der Waals surface area (Å²) in [5, 5.41) is 5.81. The van der Waals surface area contributed by atoms with E-state index in [2.05, 4.69) is 34.5 Å². The second-order valence-corrected chi connectivity index (χ2v) is 6.21. The lowest BCUT2D eigenvalue weighted by Crippen LogP contribution is -2.30. The van der Waals surface area contributed by atoms with Crippen LogP contribution in [0.15, 0.2) is 11.7 Å². The maximum absolute atomic E-state index is 4.44. The minimum absolute atomic E-state index is 0.569. The monoisotopic (exact) mass is 261 g/mol. The molecular weight excluding hydrogens is 242 g/mol. The van der Waals surface area contributed by atoms with Crippen molar-refractivity contribution in [2.75, 3.05) is 5.32 Å². The number of aryl methyl sites for hydroxylation is 1. The van der Waals surface area contributed by atoms with Crippen LogP contribution in [0.2, 0.25) is 0 Å². The fourth-order valence-electron chi connectivity index (χ4n) is 2.78. The predicted octanol–water partition coefficient (Wildman–Crippen LogP) is 3.99. The number of nitrogens with one attached hydrogen (secondary N) is 1. The Hall–Kier alpha value is -1.16. The molecule has 2 heterocycles. The van der Waals surface area contributed by atoms with Crippen LogP contribution in [0.3, 0.4) is 0 Å². The van der Waals surface area contributed by atoms with Gasteiger partial charge in [-0.3, -0.25) is 0 Å². The van der Waals surface area contributed by atoms with Crippen molar-refractivity contribution >= 4 is 27.4 Å². The lowest BCUT2D eigenvalue weighted by Gasteiger charge is -2.29. The summed E-state index contributed by atoms with van der Waals surface area (Å²) in [7, 11) is 0. The van der Waals surface area contributed by atoms with Crippen molar-refractivity contribution in [2.45, 2.75) is 45.6 Å². The molecule has 0 amide bonds. The molecule has 2 unspecified atom stereocenters. The fourth-order valence-corrected chi connectivity index (χ4v) is 3.73. The highest BCUT2D eigenvalue weighted by Crippen LogP contribution is 2.32. The topological polar surface area (TPSA) is 37.8 Å². The quantitative estimate of drug-likeness (QED) is 0.888. The third kappa shape index (κ3) is 2.09. The van der Waals surface area contributed by atoms with Crippen LogP contribution >= 0.6 is 11.3 Å². The average molecular weight is 261 g/mol. The summed E-state index contributed by atoms with van der Waals surface area (Å²) in [6.45, 7) is 4.45. The van der Waals surface area contributed by atoms with Gasteiger partial charge in [0.15, 0.2) is 0 Å². The van der Waals surface area contributed by atoms with Gasteiger partial charge in [-0.15, -0.1) is 11.3 Å². The van der Waals surface area contributed by atoms with Crippen molar-refractivity contribution < 1.29 is 0 Å². The van der Waals surface area contributed by atoms with Crippen molar-refractivity contribution in [3.05, 3.63) is 17.3 Å². The molecule has 1 fully saturated rings. The van der Waals surface area contributed by atoms with Crippen LogP contribution in [0.1, 0.15) is 38.2 Å². The number of hydrogen-bond donors (Lipinski definition) is 1. The van der Waals surface area contributed by atoms with E-state index in [1.165, 1.54) is 35.9 Å². The first-order valence-corrected chi connectivity index (χ1v) is 7.59. The van der Waals surface area contributed by atoms with E-state index in [9.17, 15) is 0 Å². The van der Waals surface area contributed by atoms with Crippen LogP contribution in [0.5, 0.6) is 0 Å². The van der Waals surface area contributed by atoms with Crippen LogP contribution in [0, 0.1) is 12.8 Å². The predicted molar refractivity (Wildman–Crippen MR) is 77.2 cm³/mol. The molecule has 0 spiro atoms. The van der Waals surface area contributed by atoms with Crippen molar-refractivity contribution in [1.29, 1.82) is 0 Å². The zero-order valence-electron chi connectivity index (χ0n) is 10.9. The third-order valence-corrected chi connectivity index (χ3v) is 5.06. The van der Waals surface area contributed by atoms with E-state index < -0.39 is 0 Å². The SMILES string of the molecule is Cc1csc2c(NC3CCCCC3C)ncnc12. The first-order chi connectivity index (χ1) is 8.75. The zero-order chi connectivity index (χ0) is 12.5. The standard InChI is InChI=1S/C14H19N3S/c1-9-5-3-4-6-11(9)17-14-13-12(15-8-16-14)10(2)7-18-13/h7-9,11H,3-6H2,1-2H3,(H,15,16,17). The molecule has 0 radical (unpaired) electrons. The average Bonchev–Trinajstić information content (AvgIpc) is 2.76. The molecule has 0 aromatic carbocycles. The van der Waals surface area contributed by atoms with Crippen LogP contribution in [-0.4, -0.2) is 16.0 Å². The van der Waals surface area contributed by atoms with E-state index in [4.69, 9.17) is 0 Å². The van der Waals surface area contributed by atoms with Gasteiger partial charge >= 0.3 is 0 Å². The first kappa shape index (κ1) is 11.9. The molecule has 0 aliphatic heterocycles. The van der Waals surface area contributed by atoms with Gasteiger partial charge in [-0.05, 0) is 36.6 Å². The van der Waals surface area contributed by atoms with E-state index in [-0.39, 0.29) is 0 Å². The van der Waals surface area contributed by atoms with Crippen LogP contribution < -0.4 is 5.32 Å². The molecule has 4 heteroatoms. The van der Waals surface area contributed by atoms with Crippen LogP contribution in [-0.2, 0) is 0 Å². The summed E-state index contributed by atoms with van der Waals surface area (Å²) < 4.78 is 1.20. The van der Waals surface area contributed by atoms with Gasteiger partial charge in [0.05, 0.1) is 10.2 Å². The van der Waals surface area contributed by atoms with Crippen molar-refractivity contribution in [1.82, 2.24) is 9.97 Å². The highest BCUT2D eigenvalue weighted by molar-refractivity contribution is 7.18. The highest BCUT2D eigenvalue weighted by atomic mass is 32.1. The Bertz CT molecular complexity index is 549. The molecule has 1 aliphatic carbocycles. The molecule has 0 bridgehead atoms. The second kappa shape index (κ2) is 4.84. The van der Waals surface area contributed by atoms with E-state index in [1.807, 2.05) is 0 Å². The number of anilines is 1. The normalized spacial score (nSPS) is 24.3. The third-order valence-electron chi connectivity index (χ3n) is 3.96. The molecule has 2 atom stereocenters. The van der Waals surface area contributed by atoms with E-state index >= 15 is 0 Å². The number of thiophene rings is 1. The first-order valence-electron chi connectivity index (χ1n) is 6.71. The van der Waals surface area contributed by atoms with Gasteiger partial charge in [0.25, 0.3) is 0 Å². The minimum atomic E-state index is 0.569. The van der Waals surface area contributed by atoms with Gasteiger partial charge < -0.3 is 5.32 Å². The second-order valence-electron chi connectivity index (χ2n) is 5.33. The lowest BCUT2D eigenvalue weighted by molar-refractivity contribution is 0.349. The summed E-state index contributed by atoms with van der Waals surface area (Å²) >= 11 is 1.74. The lowest BCUT2D eigenvalue weighted by atomic mass is 9.86. The fraction of sp³-hybridized carbons (Fsp3) is 0.571. The molecule has 2 aromatic rings. The van der Waals surface area contributed by atoms with Gasteiger partial charge in [-0.1, -0.05) is 19.8 Å². The minimum Gasteiger partial charge on any atom is -0.366 e. The van der Waals surface area contributed by atoms with E-state index in [0.717, 1.165) is 17.3 Å². The molecule has 3 nitrogen and oxygen atoms in total. The number of aromatic nitrogens is 2. The van der Waals surface area contributed by atoms with Crippen LogP contribution in [0.4, 0.5) is 5.82 Å². The van der Waals surface area contributed by atoms with Crippen molar-refractivity contribution in [3.8, 4) is 0 Å². The molecule has 2 aromatic heterocycles. The molecule has 1 aliphatic rings. The van der Waals surface area contributed by atoms with E-state index in [1.54, 1.807) is 17.7 Å². The molecule has 3 rings (SSSR count). The Morgan fingerprint density at radius 1 is 1.28 bits per heavy atom. The van der Waals surface area contributed by atoms with Gasteiger partial charge in [-0.25, -0.2) is 9.97 Å². The highest BCUT2D eigenvalue weighted by Gasteiger charge is 2.22. The Labute approximate surface area is 112 Å². The summed E-state index contributed by atoms with van der Waals surface area (Å²) in [5.74, 6) is 1.77. The zero-order valence-corrected chi connectivity index (χ0v) is 11.8. The van der Waals surface area contributed by atoms with Crippen LogP contribution in [0.25, 0.3) is 10.2 Å². The largest absolute Gasteiger partial charge is 0.366 e. The number of nitrogens with zero attached hydrogens (tertiary/aromatic N) is 2. The van der Waals surface area contributed by atoms with Gasteiger partial charge in [0, 0.05) is 6.04 Å². The van der Waals surface area contributed by atoms with E-state index in [0.29, 0.717) is 6.04 Å². The summed E-state index contributed by atoms with van der Waals surface area (Å²) in [5.41, 5.74) is 2.35. The number of rotatable bonds is 2. The summed E-state index contributed by atoms with van der Waals surface area (Å²) in [4.78, 5) is 8.81. The Morgan fingerprint density at radius 3 is 2.94 bits per heavy atom. The number of hydrogen-bond acceptors (Lipinski definition) is 4. The van der Waals surface area contributed by atoms with Gasteiger partial charge in [0.1, 0.15) is 12.1 Å². The van der Waals surface area contributed by atoms with Gasteiger partial charge in [0.2, 0.25) is 0 Å². The maximum Gasteiger partial charge on any atom is 0.147 e. The molecule has 1 N–H and O–H groups in total. The van der Waals surface area contributed by atoms with Crippen molar-refractivity contribution in [3.63, 3.8) is 0 Å².